The monoisotopic (exact) mass is 617 g/mol. The van der Waals surface area contributed by atoms with Gasteiger partial charge in [-0.05, 0) is 52.2 Å². The first-order chi connectivity index (χ1) is 19.2. The van der Waals surface area contributed by atoms with Gasteiger partial charge in [0.15, 0.2) is 8.32 Å². The molecule has 0 spiro atoms. The average molecular weight is 618 g/mol. The van der Waals surface area contributed by atoms with E-state index >= 15 is 0 Å². The number of ether oxygens (including phenoxy) is 2. The molecule has 2 aliphatic rings. The third kappa shape index (κ3) is 8.79. The third-order valence-corrected chi connectivity index (χ3v) is 12.4. The van der Waals surface area contributed by atoms with E-state index in [1.165, 1.54) is 0 Å². The number of alkyl halides is 3. The summed E-state index contributed by atoms with van der Waals surface area (Å²) < 4.78 is 57.2. The summed E-state index contributed by atoms with van der Waals surface area (Å²) in [6.07, 6.45) is -3.46. The number of amides is 2. The Kier molecular flexibility index (Phi) is 10.3. The van der Waals surface area contributed by atoms with Crippen LogP contribution in [-0.2, 0) is 24.9 Å². The number of likely N-dealkylation sites (tertiary alicyclic amines) is 1. The van der Waals surface area contributed by atoms with Crippen molar-refractivity contribution >= 4 is 26.3 Å². The highest BCUT2D eigenvalue weighted by molar-refractivity contribution is 6.74. The van der Waals surface area contributed by atoms with E-state index < -0.39 is 37.9 Å². The van der Waals surface area contributed by atoms with Crippen LogP contribution in [0, 0.1) is 0 Å². The molecule has 2 aliphatic heterocycles. The van der Waals surface area contributed by atoms with E-state index in [2.05, 4.69) is 49.1 Å². The summed E-state index contributed by atoms with van der Waals surface area (Å²) in [7, 11) is -2.29. The molecule has 0 aliphatic carbocycles. The molecule has 1 unspecified atom stereocenters. The summed E-state index contributed by atoms with van der Waals surface area (Å²) in [5.41, 5.74) is -1.52. The van der Waals surface area contributed by atoms with Crippen LogP contribution in [0.25, 0.3) is 0 Å². The zero-order valence-electron chi connectivity index (χ0n) is 26.2. The van der Waals surface area contributed by atoms with Gasteiger partial charge in [-0.3, -0.25) is 4.79 Å². The van der Waals surface area contributed by atoms with Crippen molar-refractivity contribution in [1.82, 2.24) is 20.2 Å². The van der Waals surface area contributed by atoms with Gasteiger partial charge in [-0.1, -0.05) is 20.8 Å². The van der Waals surface area contributed by atoms with Crippen LogP contribution in [0.2, 0.25) is 18.1 Å². The maximum atomic E-state index is 13.5. The molecule has 238 valence electrons. The number of carbonyl (C=O) groups is 2. The number of anilines is 1. The van der Waals surface area contributed by atoms with E-state index in [1.807, 2.05) is 9.80 Å². The fourth-order valence-corrected chi connectivity index (χ4v) is 6.06. The van der Waals surface area contributed by atoms with Crippen molar-refractivity contribution in [2.45, 2.75) is 116 Å². The van der Waals surface area contributed by atoms with Crippen LogP contribution in [0.5, 0.6) is 0 Å². The highest BCUT2D eigenvalue weighted by Gasteiger charge is 2.47. The molecule has 4 atom stereocenters. The molecule has 0 saturated carbocycles. The topological polar surface area (TPSA) is 106 Å². The Labute approximate surface area is 247 Å². The van der Waals surface area contributed by atoms with Gasteiger partial charge in [-0.15, -0.1) is 0 Å². The second-order valence-corrected chi connectivity index (χ2v) is 18.4. The Morgan fingerprint density at radius 3 is 2.26 bits per heavy atom. The molecule has 1 aromatic rings. The lowest BCUT2D eigenvalue weighted by molar-refractivity contribution is -0.141. The molecule has 14 heteroatoms. The number of halogens is 3. The number of nitrogens with one attached hydrogen (secondary N) is 1. The van der Waals surface area contributed by atoms with Crippen molar-refractivity contribution < 1.29 is 36.7 Å². The Morgan fingerprint density at radius 2 is 1.71 bits per heavy atom. The summed E-state index contributed by atoms with van der Waals surface area (Å²) >= 11 is 0. The van der Waals surface area contributed by atoms with Crippen LogP contribution < -0.4 is 10.2 Å². The normalized spacial score (nSPS) is 23.2. The minimum atomic E-state index is -4.52. The number of nitrogens with zero attached hydrogens (tertiary/aromatic N) is 4. The molecule has 0 aromatic carbocycles. The fraction of sp³-hybridized carbons (Fsp3) is 0.786. The molecular weight excluding hydrogens is 571 g/mol. The molecule has 0 bridgehead atoms. The standard InChI is InChI=1S/C28H46F3N5O5Si/c1-18(34-25(38)40-26(2,3)4)17-39-21-11-13-36(23(21)37)20-10-12-35(16-22(20)41-42(8,9)27(5,6)7)24-32-14-19(15-33-24)28(29,30)31/h14-15,18,20-22H,10-13,16-17H2,1-9H3,(H,34,38)/t18-,20+,21+,22?/m0/s1. The number of alkyl carbamates (subject to hydrolysis) is 1. The van der Waals surface area contributed by atoms with Gasteiger partial charge in [0.05, 0.1) is 30.4 Å². The molecule has 10 nitrogen and oxygen atoms in total. The van der Waals surface area contributed by atoms with Gasteiger partial charge in [0, 0.05) is 38.4 Å². The van der Waals surface area contributed by atoms with Crippen LogP contribution in [0.4, 0.5) is 23.9 Å². The van der Waals surface area contributed by atoms with E-state index in [0.29, 0.717) is 32.5 Å². The van der Waals surface area contributed by atoms with Gasteiger partial charge in [-0.25, -0.2) is 14.8 Å². The van der Waals surface area contributed by atoms with E-state index in [1.54, 1.807) is 27.7 Å². The van der Waals surface area contributed by atoms with Crippen molar-refractivity contribution in [2.24, 2.45) is 0 Å². The first kappa shape index (κ1) is 34.0. The van der Waals surface area contributed by atoms with E-state index in [-0.39, 0.29) is 41.7 Å². The van der Waals surface area contributed by atoms with E-state index in [0.717, 1.165) is 12.4 Å². The van der Waals surface area contributed by atoms with Crippen molar-refractivity contribution in [3.63, 3.8) is 0 Å². The van der Waals surface area contributed by atoms with Crippen LogP contribution in [0.15, 0.2) is 12.4 Å². The third-order valence-electron chi connectivity index (χ3n) is 7.93. The summed E-state index contributed by atoms with van der Waals surface area (Å²) in [4.78, 5) is 37.2. The maximum Gasteiger partial charge on any atom is 0.419 e. The minimum absolute atomic E-state index is 0.0946. The molecule has 1 N–H and O–H groups in total. The second kappa shape index (κ2) is 12.6. The highest BCUT2D eigenvalue weighted by atomic mass is 28.4. The zero-order chi connectivity index (χ0) is 31.7. The van der Waals surface area contributed by atoms with E-state index in [4.69, 9.17) is 13.9 Å². The second-order valence-electron chi connectivity index (χ2n) is 13.7. The number of hydrogen-bond donors (Lipinski definition) is 1. The number of hydrogen-bond acceptors (Lipinski definition) is 8. The van der Waals surface area contributed by atoms with Gasteiger partial charge in [0.1, 0.15) is 11.7 Å². The van der Waals surface area contributed by atoms with E-state index in [9.17, 15) is 22.8 Å². The number of rotatable bonds is 8. The minimum Gasteiger partial charge on any atom is -0.444 e. The molecule has 0 radical (unpaired) electrons. The van der Waals surface area contributed by atoms with Crippen LogP contribution in [0.3, 0.4) is 0 Å². The molecule has 2 saturated heterocycles. The van der Waals surface area contributed by atoms with Crippen LogP contribution >= 0.6 is 0 Å². The highest BCUT2D eigenvalue weighted by Crippen LogP contribution is 2.39. The largest absolute Gasteiger partial charge is 0.444 e. The molecule has 2 fully saturated rings. The lowest BCUT2D eigenvalue weighted by atomic mass is 10.0. The number of piperidine rings is 1. The average Bonchev–Trinajstić information content (AvgIpc) is 3.20. The predicted octanol–water partition coefficient (Wildman–Crippen LogP) is 5.00. The Hall–Kier alpha value is -2.45. The Bertz CT molecular complexity index is 1090. The van der Waals surface area contributed by atoms with Crippen molar-refractivity contribution in [3.8, 4) is 0 Å². The van der Waals surface area contributed by atoms with Crippen molar-refractivity contribution in [2.75, 3.05) is 31.1 Å². The first-order valence-corrected chi connectivity index (χ1v) is 17.3. The summed E-state index contributed by atoms with van der Waals surface area (Å²) in [6, 6.07) is -0.591. The zero-order valence-corrected chi connectivity index (χ0v) is 27.2. The van der Waals surface area contributed by atoms with Crippen molar-refractivity contribution in [1.29, 1.82) is 0 Å². The summed E-state index contributed by atoms with van der Waals surface area (Å²) in [6.45, 7) is 19.2. The maximum absolute atomic E-state index is 13.5. The molecule has 3 rings (SSSR count). The SMILES string of the molecule is C[C@@H](CO[C@@H]1CCN([C@@H]2CCN(c3ncc(C(F)(F)F)cn3)CC2O[Si](C)(C)C(C)(C)C)C1=O)NC(=O)OC(C)(C)C. The molecule has 1 aromatic heterocycles. The molecule has 3 heterocycles. The molecule has 2 amide bonds. The lowest BCUT2D eigenvalue weighted by Crippen LogP contribution is -2.60. The smallest absolute Gasteiger partial charge is 0.419 e. The Balaban J connectivity index is 1.70. The molecule has 42 heavy (non-hydrogen) atoms. The summed E-state index contributed by atoms with van der Waals surface area (Å²) in [5, 5.41) is 2.63. The van der Waals surface area contributed by atoms with Crippen molar-refractivity contribution in [3.05, 3.63) is 18.0 Å². The first-order valence-electron chi connectivity index (χ1n) is 14.4. The van der Waals surface area contributed by atoms with Gasteiger partial charge >= 0.3 is 12.3 Å². The van der Waals surface area contributed by atoms with Gasteiger partial charge in [0.25, 0.3) is 5.91 Å². The van der Waals surface area contributed by atoms with Gasteiger partial charge in [0.2, 0.25) is 5.95 Å². The summed E-state index contributed by atoms with van der Waals surface area (Å²) in [5.74, 6) is 0.0678. The quantitative estimate of drug-likeness (QED) is 0.407. The van der Waals surface area contributed by atoms with Gasteiger partial charge < -0.3 is 29.0 Å². The lowest BCUT2D eigenvalue weighted by Gasteiger charge is -2.47. The fourth-order valence-electron chi connectivity index (χ4n) is 4.71. The number of carbonyl (C=O) groups excluding carboxylic acids is 2. The van der Waals surface area contributed by atoms with Gasteiger partial charge in [-0.2, -0.15) is 13.2 Å². The predicted molar refractivity (Wildman–Crippen MR) is 155 cm³/mol. The number of aromatic nitrogens is 2. The van der Waals surface area contributed by atoms with Crippen LogP contribution in [-0.4, -0.2) is 91.3 Å². The van der Waals surface area contributed by atoms with Crippen LogP contribution in [0.1, 0.15) is 66.9 Å². The Morgan fingerprint density at radius 1 is 1.10 bits per heavy atom. The molecular formula is C28H46F3N5O5Si.